The van der Waals surface area contributed by atoms with Crippen molar-refractivity contribution in [2.75, 3.05) is 17.3 Å². The summed E-state index contributed by atoms with van der Waals surface area (Å²) in [5, 5.41) is 11.9. The highest BCUT2D eigenvalue weighted by molar-refractivity contribution is 6.04. The second kappa shape index (κ2) is 7.95. The first-order valence-electron chi connectivity index (χ1n) is 8.19. The predicted molar refractivity (Wildman–Crippen MR) is 102 cm³/mol. The van der Waals surface area contributed by atoms with Crippen molar-refractivity contribution < 1.29 is 4.79 Å². The summed E-state index contributed by atoms with van der Waals surface area (Å²) in [7, 11) is 1.97. The third-order valence-electron chi connectivity index (χ3n) is 3.98. The monoisotopic (exact) mass is 342 g/mol. The smallest absolute Gasteiger partial charge is 0.274 e. The molecule has 128 valence electrons. The Morgan fingerprint density at radius 2 is 1.85 bits per heavy atom. The standard InChI is InChI=1S/C21H18N4O/c1-25(15-16-7-3-2-4-8-16)18-11-12-23-20(13-18)21(26)24-19-10-6-5-9-17(19)14-22/h2-13H,15H2,1H3,(H,24,26). The van der Waals surface area contributed by atoms with E-state index in [1.807, 2.05) is 31.3 Å². The van der Waals surface area contributed by atoms with E-state index < -0.39 is 0 Å². The molecule has 1 N–H and O–H groups in total. The summed E-state index contributed by atoms with van der Waals surface area (Å²) in [5.41, 5.74) is 3.27. The van der Waals surface area contributed by atoms with E-state index in [1.165, 1.54) is 5.56 Å². The van der Waals surface area contributed by atoms with Gasteiger partial charge in [-0.3, -0.25) is 9.78 Å². The number of carbonyl (C=O) groups is 1. The zero-order chi connectivity index (χ0) is 18.4. The maximum atomic E-state index is 12.5. The number of carbonyl (C=O) groups excluding carboxylic acids is 1. The topological polar surface area (TPSA) is 69.0 Å². The Morgan fingerprint density at radius 3 is 2.62 bits per heavy atom. The first kappa shape index (κ1) is 17.2. The molecule has 3 rings (SSSR count). The van der Waals surface area contributed by atoms with Crippen LogP contribution in [0.2, 0.25) is 0 Å². The van der Waals surface area contributed by atoms with Gasteiger partial charge in [-0.15, -0.1) is 0 Å². The van der Waals surface area contributed by atoms with Crippen LogP contribution in [-0.4, -0.2) is 17.9 Å². The molecule has 0 radical (unpaired) electrons. The van der Waals surface area contributed by atoms with Crippen molar-refractivity contribution in [1.29, 1.82) is 5.26 Å². The van der Waals surface area contributed by atoms with E-state index in [4.69, 9.17) is 5.26 Å². The van der Waals surface area contributed by atoms with Crippen LogP contribution in [0.15, 0.2) is 72.9 Å². The second-order valence-corrected chi connectivity index (χ2v) is 5.85. The van der Waals surface area contributed by atoms with Crippen LogP contribution in [0.4, 0.5) is 11.4 Å². The van der Waals surface area contributed by atoms with Gasteiger partial charge in [-0.25, -0.2) is 0 Å². The summed E-state index contributed by atoms with van der Waals surface area (Å²) >= 11 is 0. The minimum Gasteiger partial charge on any atom is -0.370 e. The molecule has 0 aliphatic heterocycles. The molecule has 2 aromatic carbocycles. The number of nitriles is 1. The Hall–Kier alpha value is -3.65. The first-order valence-corrected chi connectivity index (χ1v) is 8.19. The molecule has 5 heteroatoms. The summed E-state index contributed by atoms with van der Waals surface area (Å²) < 4.78 is 0. The molecule has 0 spiro atoms. The number of rotatable bonds is 5. The number of nitrogens with zero attached hydrogens (tertiary/aromatic N) is 3. The lowest BCUT2D eigenvalue weighted by molar-refractivity contribution is 0.102. The van der Waals surface area contributed by atoms with Crippen molar-refractivity contribution in [3.8, 4) is 6.07 Å². The van der Waals surface area contributed by atoms with E-state index in [1.54, 1.807) is 36.5 Å². The molecule has 1 heterocycles. The molecule has 0 unspecified atom stereocenters. The molecule has 0 saturated heterocycles. The fraction of sp³-hybridized carbons (Fsp3) is 0.0952. The van der Waals surface area contributed by atoms with Crippen molar-refractivity contribution in [3.05, 3.63) is 89.7 Å². The number of aromatic nitrogens is 1. The fourth-order valence-electron chi connectivity index (χ4n) is 2.61. The lowest BCUT2D eigenvalue weighted by atomic mass is 10.2. The summed E-state index contributed by atoms with van der Waals surface area (Å²) in [4.78, 5) is 18.7. The number of hydrogen-bond acceptors (Lipinski definition) is 4. The van der Waals surface area contributed by atoms with Gasteiger partial charge in [-0.1, -0.05) is 42.5 Å². The first-order chi connectivity index (χ1) is 12.7. The van der Waals surface area contributed by atoms with Crippen LogP contribution >= 0.6 is 0 Å². The normalized spacial score (nSPS) is 10.0. The Kier molecular flexibility index (Phi) is 5.25. The summed E-state index contributed by atoms with van der Waals surface area (Å²) in [6.45, 7) is 0.725. The van der Waals surface area contributed by atoms with Crippen LogP contribution < -0.4 is 10.2 Å². The van der Waals surface area contributed by atoms with Gasteiger partial charge in [-0.05, 0) is 29.8 Å². The molecule has 5 nitrogen and oxygen atoms in total. The third-order valence-corrected chi connectivity index (χ3v) is 3.98. The van der Waals surface area contributed by atoms with E-state index in [9.17, 15) is 4.79 Å². The lowest BCUT2D eigenvalue weighted by Crippen LogP contribution is -2.19. The van der Waals surface area contributed by atoms with E-state index in [0.717, 1.165) is 12.2 Å². The molecule has 0 aliphatic carbocycles. The number of hydrogen-bond donors (Lipinski definition) is 1. The number of amides is 1. The van der Waals surface area contributed by atoms with Crippen LogP contribution in [0.25, 0.3) is 0 Å². The van der Waals surface area contributed by atoms with Crippen LogP contribution in [0, 0.1) is 11.3 Å². The Labute approximate surface area is 152 Å². The van der Waals surface area contributed by atoms with Gasteiger partial charge in [0.1, 0.15) is 11.8 Å². The maximum Gasteiger partial charge on any atom is 0.274 e. The molecule has 1 amide bonds. The van der Waals surface area contributed by atoms with Crippen molar-refractivity contribution in [2.24, 2.45) is 0 Å². The number of pyridine rings is 1. The zero-order valence-corrected chi connectivity index (χ0v) is 14.4. The zero-order valence-electron chi connectivity index (χ0n) is 14.4. The van der Waals surface area contributed by atoms with Gasteiger partial charge in [0, 0.05) is 25.5 Å². The quantitative estimate of drug-likeness (QED) is 0.765. The van der Waals surface area contributed by atoms with Crippen LogP contribution in [0.1, 0.15) is 21.6 Å². The molecule has 0 fully saturated rings. The van der Waals surface area contributed by atoms with Gasteiger partial charge in [0.25, 0.3) is 5.91 Å². The average Bonchev–Trinajstić information content (AvgIpc) is 2.69. The Morgan fingerprint density at radius 1 is 1.12 bits per heavy atom. The Bertz CT molecular complexity index is 947. The summed E-state index contributed by atoms with van der Waals surface area (Å²) in [6, 6.07) is 22.7. The molecule has 0 aliphatic rings. The highest BCUT2D eigenvalue weighted by atomic mass is 16.1. The van der Waals surface area contributed by atoms with Crippen LogP contribution in [0.3, 0.4) is 0 Å². The summed E-state index contributed by atoms with van der Waals surface area (Å²) in [5.74, 6) is -0.345. The van der Waals surface area contributed by atoms with Gasteiger partial charge in [0.2, 0.25) is 0 Å². The van der Waals surface area contributed by atoms with Gasteiger partial charge >= 0.3 is 0 Å². The minimum absolute atomic E-state index is 0.301. The third kappa shape index (κ3) is 4.05. The van der Waals surface area contributed by atoms with E-state index in [-0.39, 0.29) is 5.91 Å². The van der Waals surface area contributed by atoms with Gasteiger partial charge in [-0.2, -0.15) is 5.26 Å². The fourth-order valence-corrected chi connectivity index (χ4v) is 2.61. The highest BCUT2D eigenvalue weighted by Gasteiger charge is 2.12. The number of anilines is 2. The van der Waals surface area contributed by atoms with Gasteiger partial charge in [0.15, 0.2) is 0 Å². The lowest BCUT2D eigenvalue weighted by Gasteiger charge is -2.19. The molecule has 0 bridgehead atoms. The van der Waals surface area contributed by atoms with E-state index in [2.05, 4.69) is 33.4 Å². The second-order valence-electron chi connectivity index (χ2n) is 5.85. The SMILES string of the molecule is CN(Cc1ccccc1)c1ccnc(C(=O)Nc2ccccc2C#N)c1. The number of para-hydroxylation sites is 1. The van der Waals surface area contributed by atoms with Crippen molar-refractivity contribution in [3.63, 3.8) is 0 Å². The van der Waals surface area contributed by atoms with Crippen molar-refractivity contribution >= 4 is 17.3 Å². The molecule has 26 heavy (non-hydrogen) atoms. The van der Waals surface area contributed by atoms with E-state index in [0.29, 0.717) is 16.9 Å². The average molecular weight is 342 g/mol. The minimum atomic E-state index is -0.345. The van der Waals surface area contributed by atoms with Crippen LogP contribution in [-0.2, 0) is 6.54 Å². The molecule has 1 aromatic heterocycles. The summed E-state index contributed by atoms with van der Waals surface area (Å²) in [6.07, 6.45) is 1.61. The number of benzene rings is 2. The number of nitrogens with one attached hydrogen (secondary N) is 1. The maximum absolute atomic E-state index is 12.5. The van der Waals surface area contributed by atoms with Crippen molar-refractivity contribution in [1.82, 2.24) is 4.98 Å². The molecule has 0 saturated carbocycles. The van der Waals surface area contributed by atoms with Gasteiger partial charge < -0.3 is 10.2 Å². The largest absolute Gasteiger partial charge is 0.370 e. The van der Waals surface area contributed by atoms with Crippen LogP contribution in [0.5, 0.6) is 0 Å². The van der Waals surface area contributed by atoms with Gasteiger partial charge in [0.05, 0.1) is 11.3 Å². The highest BCUT2D eigenvalue weighted by Crippen LogP contribution is 2.18. The molecule has 0 atom stereocenters. The van der Waals surface area contributed by atoms with E-state index >= 15 is 0 Å². The molecule has 3 aromatic rings. The molecular weight excluding hydrogens is 324 g/mol. The Balaban J connectivity index is 1.76. The van der Waals surface area contributed by atoms with Crippen molar-refractivity contribution in [2.45, 2.75) is 6.54 Å². The molecular formula is C21H18N4O. The predicted octanol–water partition coefficient (Wildman–Crippen LogP) is 3.84.